The van der Waals surface area contributed by atoms with Crippen LogP contribution in [0.4, 0.5) is 32.2 Å². The molecule has 0 saturated carbocycles. The van der Waals surface area contributed by atoms with Gasteiger partial charge in [0.1, 0.15) is 5.69 Å². The maximum absolute atomic E-state index is 13.1. The number of anilines is 1. The number of nitrogens with zero attached hydrogens (tertiary/aromatic N) is 4. The van der Waals surface area contributed by atoms with Crippen LogP contribution in [0, 0.1) is 0 Å². The Bertz CT molecular complexity index is 1220. The lowest BCUT2D eigenvalue weighted by Crippen LogP contribution is -2.49. The first kappa shape index (κ1) is 24.4. The molecular weight excluding hydrogens is 506 g/mol. The summed E-state index contributed by atoms with van der Waals surface area (Å²) in [5.41, 5.74) is -2.69. The molecule has 2 aromatic heterocycles. The summed E-state index contributed by atoms with van der Waals surface area (Å²) in [5, 5.41) is 10.2. The highest BCUT2D eigenvalue weighted by Gasteiger charge is 2.39. The molecule has 0 aliphatic carbocycles. The van der Waals surface area contributed by atoms with E-state index in [1.807, 2.05) is 17.5 Å². The van der Waals surface area contributed by atoms with Crippen molar-refractivity contribution in [2.24, 2.45) is 0 Å². The Morgan fingerprint density at radius 1 is 0.824 bits per heavy atom. The van der Waals surface area contributed by atoms with Crippen molar-refractivity contribution >= 4 is 27.2 Å². The second-order valence-electron chi connectivity index (χ2n) is 7.39. The van der Waals surface area contributed by atoms with E-state index < -0.39 is 38.4 Å². The Morgan fingerprint density at radius 3 is 1.91 bits per heavy atom. The third kappa shape index (κ3) is 5.03. The number of aromatic nitrogens is 2. The number of halogens is 6. The number of piperazine rings is 1. The van der Waals surface area contributed by atoms with Gasteiger partial charge in [0, 0.05) is 26.2 Å². The molecule has 0 radical (unpaired) electrons. The molecule has 14 heteroatoms. The molecule has 6 nitrogen and oxygen atoms in total. The number of alkyl halides is 6. The highest BCUT2D eigenvalue weighted by molar-refractivity contribution is 7.89. The molecule has 0 N–H and O–H groups in total. The maximum atomic E-state index is 13.1. The monoisotopic (exact) mass is 522 g/mol. The Morgan fingerprint density at radius 2 is 1.44 bits per heavy atom. The summed E-state index contributed by atoms with van der Waals surface area (Å²) in [6.45, 7) is -0.0166. The molecule has 1 saturated heterocycles. The summed E-state index contributed by atoms with van der Waals surface area (Å²) in [7, 11) is -4.60. The first-order chi connectivity index (χ1) is 15.9. The van der Waals surface area contributed by atoms with Crippen molar-refractivity contribution in [3.8, 4) is 10.6 Å². The van der Waals surface area contributed by atoms with Crippen molar-refractivity contribution in [2.45, 2.75) is 17.2 Å². The van der Waals surface area contributed by atoms with Crippen LogP contribution >= 0.6 is 11.3 Å². The number of thiophene rings is 1. The highest BCUT2D eigenvalue weighted by atomic mass is 32.2. The summed E-state index contributed by atoms with van der Waals surface area (Å²) in [5.74, 6) is 0.482. The molecule has 0 unspecified atom stereocenters. The molecule has 4 rings (SSSR count). The molecule has 3 aromatic rings. The number of benzene rings is 1. The summed E-state index contributed by atoms with van der Waals surface area (Å²) in [6.07, 6.45) is -10.3. The predicted molar refractivity (Wildman–Crippen MR) is 113 cm³/mol. The molecule has 1 fully saturated rings. The van der Waals surface area contributed by atoms with Gasteiger partial charge in [0.05, 0.1) is 20.9 Å². The number of hydrogen-bond donors (Lipinski definition) is 0. The fourth-order valence-corrected chi connectivity index (χ4v) is 5.62. The number of hydrogen-bond acceptors (Lipinski definition) is 6. The average molecular weight is 522 g/mol. The van der Waals surface area contributed by atoms with Crippen LogP contribution in [0.5, 0.6) is 0 Å². The van der Waals surface area contributed by atoms with Gasteiger partial charge >= 0.3 is 12.4 Å². The largest absolute Gasteiger partial charge is 0.416 e. The van der Waals surface area contributed by atoms with Gasteiger partial charge in [-0.2, -0.15) is 30.6 Å². The molecule has 182 valence electrons. The van der Waals surface area contributed by atoms with Gasteiger partial charge in [-0.25, -0.2) is 8.42 Å². The molecule has 0 spiro atoms. The zero-order valence-electron chi connectivity index (χ0n) is 17.1. The van der Waals surface area contributed by atoms with Crippen LogP contribution in [0.3, 0.4) is 0 Å². The maximum Gasteiger partial charge on any atom is 0.416 e. The van der Waals surface area contributed by atoms with E-state index in [1.54, 1.807) is 17.0 Å². The van der Waals surface area contributed by atoms with Crippen LogP contribution in [0.25, 0.3) is 10.6 Å². The van der Waals surface area contributed by atoms with Gasteiger partial charge in [-0.1, -0.05) is 6.07 Å². The smallest absolute Gasteiger partial charge is 0.352 e. The van der Waals surface area contributed by atoms with E-state index >= 15 is 0 Å². The van der Waals surface area contributed by atoms with Crippen molar-refractivity contribution < 1.29 is 34.8 Å². The van der Waals surface area contributed by atoms with Gasteiger partial charge in [0.2, 0.25) is 10.0 Å². The highest BCUT2D eigenvalue weighted by Crippen LogP contribution is 2.38. The first-order valence-corrected chi connectivity index (χ1v) is 12.1. The van der Waals surface area contributed by atoms with E-state index in [2.05, 4.69) is 10.2 Å². The van der Waals surface area contributed by atoms with E-state index in [4.69, 9.17) is 0 Å². The quantitative estimate of drug-likeness (QED) is 0.463. The van der Waals surface area contributed by atoms with Gasteiger partial charge < -0.3 is 4.90 Å². The van der Waals surface area contributed by atoms with Gasteiger partial charge in [-0.15, -0.1) is 21.5 Å². The third-order valence-corrected chi connectivity index (χ3v) is 7.95. The molecular formula is C20H16F6N4O2S2. The number of rotatable bonds is 4. The summed E-state index contributed by atoms with van der Waals surface area (Å²) < 4.78 is 105. The lowest BCUT2D eigenvalue weighted by atomic mass is 10.1. The minimum atomic E-state index is -5.14. The predicted octanol–water partition coefficient (Wildman–Crippen LogP) is 4.75. The Kier molecular flexibility index (Phi) is 6.33. The fourth-order valence-electron chi connectivity index (χ4n) is 3.43. The van der Waals surface area contributed by atoms with Crippen molar-refractivity contribution in [1.82, 2.24) is 14.5 Å². The first-order valence-electron chi connectivity index (χ1n) is 9.78. The van der Waals surface area contributed by atoms with E-state index in [0.29, 0.717) is 11.5 Å². The van der Waals surface area contributed by atoms with Gasteiger partial charge in [0.25, 0.3) is 0 Å². The topological polar surface area (TPSA) is 66.4 Å². The lowest BCUT2D eigenvalue weighted by Gasteiger charge is -2.34. The molecule has 0 bridgehead atoms. The van der Waals surface area contributed by atoms with Crippen molar-refractivity contribution in [2.75, 3.05) is 31.1 Å². The third-order valence-electron chi connectivity index (χ3n) is 5.19. The standard InChI is InChI=1S/C20H16F6N4O2S2/c21-19(22,23)13-10-14(20(24,25)26)12-15(11-13)34(31,32)30-7-5-29(6-8-30)18-4-3-16(27-28-18)17-2-1-9-33-17/h1-4,9-12H,5-8H2. The van der Waals surface area contributed by atoms with Crippen LogP contribution < -0.4 is 4.90 Å². The molecule has 3 heterocycles. The van der Waals surface area contributed by atoms with Crippen LogP contribution in [0.1, 0.15) is 11.1 Å². The molecule has 0 amide bonds. The lowest BCUT2D eigenvalue weighted by molar-refractivity contribution is -0.143. The van der Waals surface area contributed by atoms with Crippen LogP contribution in [0.2, 0.25) is 0 Å². The molecule has 1 aliphatic heterocycles. The molecule has 1 aromatic carbocycles. The second-order valence-corrected chi connectivity index (χ2v) is 10.3. The van der Waals surface area contributed by atoms with Crippen molar-refractivity contribution in [3.63, 3.8) is 0 Å². The summed E-state index contributed by atoms with van der Waals surface area (Å²) in [4.78, 5) is 1.61. The number of sulfonamides is 1. The minimum absolute atomic E-state index is 0.102. The summed E-state index contributed by atoms with van der Waals surface area (Å²) >= 11 is 1.49. The zero-order valence-corrected chi connectivity index (χ0v) is 18.8. The van der Waals surface area contributed by atoms with Gasteiger partial charge in [0.15, 0.2) is 5.82 Å². The molecule has 34 heavy (non-hydrogen) atoms. The zero-order chi connectivity index (χ0) is 24.7. The SMILES string of the molecule is O=S(=O)(c1cc(C(F)(F)F)cc(C(F)(F)F)c1)N1CCN(c2ccc(-c3cccs3)nn2)CC1. The Hall–Kier alpha value is -2.71. The van der Waals surface area contributed by atoms with Gasteiger partial charge in [-0.3, -0.25) is 0 Å². The second kappa shape index (κ2) is 8.82. The van der Waals surface area contributed by atoms with E-state index in [0.717, 1.165) is 9.18 Å². The van der Waals surface area contributed by atoms with E-state index in [9.17, 15) is 34.8 Å². The molecule has 1 aliphatic rings. The van der Waals surface area contributed by atoms with Gasteiger partial charge in [-0.05, 0) is 41.8 Å². The Balaban J connectivity index is 1.53. The van der Waals surface area contributed by atoms with Crippen molar-refractivity contribution in [3.05, 3.63) is 59.0 Å². The van der Waals surface area contributed by atoms with Crippen LogP contribution in [-0.4, -0.2) is 49.1 Å². The Labute approximate surface area is 194 Å². The van der Waals surface area contributed by atoms with E-state index in [-0.39, 0.29) is 44.4 Å². The molecule has 0 atom stereocenters. The van der Waals surface area contributed by atoms with Crippen LogP contribution in [-0.2, 0) is 22.4 Å². The van der Waals surface area contributed by atoms with E-state index in [1.165, 1.54) is 11.3 Å². The average Bonchev–Trinajstić information content (AvgIpc) is 3.33. The van der Waals surface area contributed by atoms with Crippen molar-refractivity contribution in [1.29, 1.82) is 0 Å². The van der Waals surface area contributed by atoms with Crippen LogP contribution in [0.15, 0.2) is 52.7 Å². The normalized spacial score (nSPS) is 16.1. The fraction of sp³-hybridized carbons (Fsp3) is 0.300. The summed E-state index contributed by atoms with van der Waals surface area (Å²) in [6, 6.07) is 7.59. The minimum Gasteiger partial charge on any atom is -0.352 e.